The van der Waals surface area contributed by atoms with Gasteiger partial charge in [0.1, 0.15) is 6.17 Å². The van der Waals surface area contributed by atoms with Gasteiger partial charge in [-0.25, -0.2) is 17.7 Å². The van der Waals surface area contributed by atoms with Crippen molar-refractivity contribution in [2.45, 2.75) is 55.8 Å². The van der Waals surface area contributed by atoms with Gasteiger partial charge in [-0.1, -0.05) is 0 Å². The van der Waals surface area contributed by atoms with Crippen LogP contribution in [0.15, 0.2) is 24.5 Å². The summed E-state index contributed by atoms with van der Waals surface area (Å²) in [5.41, 5.74) is 2.42. The van der Waals surface area contributed by atoms with Crippen LogP contribution in [0.25, 0.3) is 5.52 Å². The first kappa shape index (κ1) is 16.7. The summed E-state index contributed by atoms with van der Waals surface area (Å²) in [5, 5.41) is 4.29. The lowest BCUT2D eigenvalue weighted by Crippen LogP contribution is -2.56. The third-order valence-corrected chi connectivity index (χ3v) is 6.84. The third kappa shape index (κ3) is 2.39. The Morgan fingerprint density at radius 2 is 1.89 bits per heavy atom. The van der Waals surface area contributed by atoms with Crippen LogP contribution in [-0.4, -0.2) is 57.7 Å². The average molecular weight is 390 g/mol. The van der Waals surface area contributed by atoms with Gasteiger partial charge in [-0.05, 0) is 37.0 Å². The number of nitrogens with zero attached hydrogens (tertiary/aromatic N) is 4. The van der Waals surface area contributed by atoms with Gasteiger partial charge >= 0.3 is 0 Å². The van der Waals surface area contributed by atoms with Crippen molar-refractivity contribution < 1.29 is 18.0 Å². The second kappa shape index (κ2) is 5.42. The molecular weight excluding hydrogens is 369 g/mol. The summed E-state index contributed by atoms with van der Waals surface area (Å²) in [5.74, 6) is -3.77. The lowest BCUT2D eigenvalue weighted by molar-refractivity contribution is -0.136. The zero-order valence-corrected chi connectivity index (χ0v) is 15.3. The van der Waals surface area contributed by atoms with E-state index in [2.05, 4.69) is 10.00 Å². The summed E-state index contributed by atoms with van der Waals surface area (Å²) >= 11 is 0. The predicted octanol–water partition coefficient (Wildman–Crippen LogP) is 2.99. The number of anilines is 1. The first-order valence-corrected chi connectivity index (χ1v) is 9.99. The molecule has 5 nitrogen and oxygen atoms in total. The molecule has 2 aromatic rings. The van der Waals surface area contributed by atoms with Gasteiger partial charge in [0.2, 0.25) is 5.91 Å². The van der Waals surface area contributed by atoms with E-state index in [0.717, 1.165) is 24.0 Å². The van der Waals surface area contributed by atoms with E-state index < -0.39 is 23.9 Å². The number of aromatic nitrogens is 2. The molecule has 0 aromatic carbocycles. The summed E-state index contributed by atoms with van der Waals surface area (Å²) in [6, 6.07) is 3.93. The molecule has 2 aliphatic heterocycles. The molecule has 0 spiro atoms. The van der Waals surface area contributed by atoms with Gasteiger partial charge in [0.25, 0.3) is 5.92 Å². The molecule has 0 radical (unpaired) electrons. The number of hydrogen-bond donors (Lipinski definition) is 0. The molecule has 4 aliphatic rings. The van der Waals surface area contributed by atoms with Crippen LogP contribution in [0.4, 0.5) is 18.9 Å². The lowest BCUT2D eigenvalue weighted by Gasteiger charge is -2.42. The number of carbonyl (C=O) groups is 1. The highest BCUT2D eigenvalue weighted by molar-refractivity contribution is 5.84. The minimum absolute atomic E-state index is 0.0273. The Morgan fingerprint density at radius 1 is 1.21 bits per heavy atom. The predicted molar refractivity (Wildman–Crippen MR) is 96.4 cm³/mol. The summed E-state index contributed by atoms with van der Waals surface area (Å²) in [6.07, 6.45) is 4.55. The van der Waals surface area contributed by atoms with Crippen molar-refractivity contribution in [3.63, 3.8) is 0 Å². The van der Waals surface area contributed by atoms with E-state index in [1.54, 1.807) is 16.9 Å². The molecule has 148 valence electrons. The Kier molecular flexibility index (Phi) is 3.23. The summed E-state index contributed by atoms with van der Waals surface area (Å²) in [4.78, 5) is 16.8. The number of carbonyl (C=O) groups excluding carboxylic acids is 1. The monoisotopic (exact) mass is 390 g/mol. The average Bonchev–Trinajstić information content (AvgIpc) is 3.44. The number of rotatable bonds is 3. The normalized spacial score (nSPS) is 35.5. The second-order valence-corrected chi connectivity index (χ2v) is 8.73. The topological polar surface area (TPSA) is 40.9 Å². The van der Waals surface area contributed by atoms with Crippen molar-refractivity contribution in [3.05, 3.63) is 30.1 Å². The molecule has 8 heteroatoms. The molecule has 2 aromatic heterocycles. The second-order valence-electron chi connectivity index (χ2n) is 8.73. The molecule has 2 unspecified atom stereocenters. The Hall–Kier alpha value is -2.25. The first-order valence-electron chi connectivity index (χ1n) is 9.99. The van der Waals surface area contributed by atoms with Gasteiger partial charge < -0.3 is 9.80 Å². The summed E-state index contributed by atoms with van der Waals surface area (Å²) in [7, 11) is 0. The fourth-order valence-electron chi connectivity index (χ4n) is 5.12. The molecule has 1 amide bonds. The molecule has 4 fully saturated rings. The smallest absolute Gasteiger partial charge is 0.255 e. The molecule has 4 heterocycles. The van der Waals surface area contributed by atoms with Crippen LogP contribution in [0.3, 0.4) is 0 Å². The quantitative estimate of drug-likeness (QED) is 0.809. The van der Waals surface area contributed by atoms with Crippen molar-refractivity contribution in [2.75, 3.05) is 18.0 Å². The van der Waals surface area contributed by atoms with E-state index in [9.17, 15) is 18.0 Å². The minimum atomic E-state index is -2.60. The number of amides is 1. The van der Waals surface area contributed by atoms with Gasteiger partial charge in [-0.15, -0.1) is 0 Å². The van der Waals surface area contributed by atoms with Crippen LogP contribution < -0.4 is 4.90 Å². The maximum Gasteiger partial charge on any atom is 0.255 e. The van der Waals surface area contributed by atoms with E-state index in [-0.39, 0.29) is 24.4 Å². The molecule has 2 saturated heterocycles. The van der Waals surface area contributed by atoms with E-state index in [1.165, 1.54) is 0 Å². The Morgan fingerprint density at radius 3 is 2.50 bits per heavy atom. The zero-order chi connectivity index (χ0) is 19.2. The number of fused-ring (bicyclic) bond motifs is 3. The number of alkyl halides is 3. The van der Waals surface area contributed by atoms with Crippen LogP contribution in [0.5, 0.6) is 0 Å². The van der Waals surface area contributed by atoms with Gasteiger partial charge in [0.15, 0.2) is 0 Å². The van der Waals surface area contributed by atoms with Gasteiger partial charge in [0, 0.05) is 44.0 Å². The molecule has 0 N–H and O–H groups in total. The van der Waals surface area contributed by atoms with E-state index in [4.69, 9.17) is 0 Å². The molecule has 6 rings (SSSR count). The molecular formula is C20H21F3N4O. The minimum Gasteiger partial charge on any atom is -0.366 e. The Labute approximate surface area is 160 Å². The van der Waals surface area contributed by atoms with E-state index in [1.807, 2.05) is 17.0 Å². The van der Waals surface area contributed by atoms with Crippen molar-refractivity contribution in [3.8, 4) is 0 Å². The first-order chi connectivity index (χ1) is 13.4. The summed E-state index contributed by atoms with van der Waals surface area (Å²) in [6.45, 7) is 1.37. The standard InChI is InChI=1S/C20H21F3N4O/c21-16-6-14(16)19(28)27-12-1-2-13(27)10-25(9-12)17-3-4-24-26-8-11(5-18(17)26)15-7-20(15,22)23/h3-5,8,12-16H,1-2,6-7,9-10H2/t12?,13?,14-,15-,16-/m1/s1. The molecule has 2 aliphatic carbocycles. The summed E-state index contributed by atoms with van der Waals surface area (Å²) < 4.78 is 42.0. The maximum absolute atomic E-state index is 13.5. The maximum atomic E-state index is 13.5. The van der Waals surface area contributed by atoms with Gasteiger partial charge in [-0.3, -0.25) is 4.79 Å². The molecule has 5 atom stereocenters. The van der Waals surface area contributed by atoms with Crippen LogP contribution >= 0.6 is 0 Å². The molecule has 2 saturated carbocycles. The van der Waals surface area contributed by atoms with Crippen molar-refractivity contribution >= 4 is 17.1 Å². The van der Waals surface area contributed by atoms with Crippen LogP contribution in [0, 0.1) is 5.92 Å². The van der Waals surface area contributed by atoms with Gasteiger partial charge in [0.05, 0.1) is 23.0 Å². The van der Waals surface area contributed by atoms with Crippen molar-refractivity contribution in [1.82, 2.24) is 14.5 Å². The number of piperazine rings is 1. The SMILES string of the molecule is O=C([C@@H]1C[C@H]1F)N1C2CCC1CN(c1ccnn3cc([C@H]4CC4(F)F)cc13)C2. The van der Waals surface area contributed by atoms with Crippen LogP contribution in [0.1, 0.15) is 37.2 Å². The fourth-order valence-corrected chi connectivity index (χ4v) is 5.12. The lowest BCUT2D eigenvalue weighted by atomic mass is 10.1. The van der Waals surface area contributed by atoms with Crippen LogP contribution in [0.2, 0.25) is 0 Å². The van der Waals surface area contributed by atoms with Crippen LogP contribution in [-0.2, 0) is 4.79 Å². The zero-order valence-electron chi connectivity index (χ0n) is 15.3. The highest BCUT2D eigenvalue weighted by Gasteiger charge is 2.58. The van der Waals surface area contributed by atoms with Crippen molar-refractivity contribution in [1.29, 1.82) is 0 Å². The Bertz CT molecular complexity index is 962. The highest BCUT2D eigenvalue weighted by Crippen LogP contribution is 2.56. The van der Waals surface area contributed by atoms with Gasteiger partial charge in [-0.2, -0.15) is 5.10 Å². The van der Waals surface area contributed by atoms with E-state index in [0.29, 0.717) is 25.1 Å². The largest absolute Gasteiger partial charge is 0.366 e. The third-order valence-electron chi connectivity index (χ3n) is 6.84. The fraction of sp³-hybridized carbons (Fsp3) is 0.600. The number of hydrogen-bond acceptors (Lipinski definition) is 3. The molecule has 28 heavy (non-hydrogen) atoms. The van der Waals surface area contributed by atoms with Crippen molar-refractivity contribution in [2.24, 2.45) is 5.92 Å². The Balaban J connectivity index is 1.28. The number of halogens is 3. The van der Waals surface area contributed by atoms with E-state index >= 15 is 0 Å². The molecule has 2 bridgehead atoms. The highest BCUT2D eigenvalue weighted by atomic mass is 19.3.